The van der Waals surface area contributed by atoms with Crippen molar-refractivity contribution in [1.29, 1.82) is 5.26 Å². The molecule has 1 aromatic rings. The minimum Gasteiger partial charge on any atom is -0.312 e. The van der Waals surface area contributed by atoms with Crippen molar-refractivity contribution in [3.05, 3.63) is 35.9 Å². The molecule has 84 valence electrons. The van der Waals surface area contributed by atoms with Crippen LogP contribution in [0.15, 0.2) is 30.3 Å². The lowest BCUT2D eigenvalue weighted by molar-refractivity contribution is 0.178. The van der Waals surface area contributed by atoms with Crippen LogP contribution in [-0.4, -0.2) is 30.6 Å². The Kier molecular flexibility index (Phi) is 3.55. The molecule has 0 radical (unpaired) electrons. The Morgan fingerprint density at radius 1 is 1.44 bits per heavy atom. The van der Waals surface area contributed by atoms with Gasteiger partial charge in [0, 0.05) is 25.7 Å². The zero-order valence-corrected chi connectivity index (χ0v) is 9.56. The summed E-state index contributed by atoms with van der Waals surface area (Å²) in [4.78, 5) is 2.25. The van der Waals surface area contributed by atoms with E-state index in [0.717, 1.165) is 25.2 Å². The molecule has 0 bridgehead atoms. The van der Waals surface area contributed by atoms with E-state index in [1.807, 2.05) is 30.3 Å². The van der Waals surface area contributed by atoms with E-state index in [0.29, 0.717) is 6.04 Å². The van der Waals surface area contributed by atoms with Crippen LogP contribution in [0.1, 0.15) is 18.5 Å². The molecular weight excluding hydrogens is 198 g/mol. The molecule has 0 aliphatic carbocycles. The Hall–Kier alpha value is -1.37. The number of rotatable bonds is 2. The Morgan fingerprint density at radius 3 is 2.81 bits per heavy atom. The van der Waals surface area contributed by atoms with Gasteiger partial charge in [-0.1, -0.05) is 30.3 Å². The van der Waals surface area contributed by atoms with Crippen LogP contribution >= 0.6 is 0 Å². The first-order valence-corrected chi connectivity index (χ1v) is 5.73. The lowest BCUT2D eigenvalue weighted by Crippen LogP contribution is -2.50. The first-order chi connectivity index (χ1) is 7.81. The van der Waals surface area contributed by atoms with Gasteiger partial charge < -0.3 is 5.32 Å². The third-order valence-electron chi connectivity index (χ3n) is 3.00. The Labute approximate surface area is 96.7 Å². The second kappa shape index (κ2) is 5.11. The third kappa shape index (κ3) is 2.41. The van der Waals surface area contributed by atoms with Crippen molar-refractivity contribution in [2.45, 2.75) is 19.0 Å². The Bertz CT molecular complexity index is 369. The maximum absolute atomic E-state index is 9.31. The van der Waals surface area contributed by atoms with E-state index in [1.165, 1.54) is 0 Å². The van der Waals surface area contributed by atoms with Crippen molar-refractivity contribution >= 4 is 0 Å². The van der Waals surface area contributed by atoms with Crippen LogP contribution < -0.4 is 5.32 Å². The van der Waals surface area contributed by atoms with Crippen LogP contribution in [0.5, 0.6) is 0 Å². The summed E-state index contributed by atoms with van der Waals surface area (Å²) in [6, 6.07) is 12.8. The van der Waals surface area contributed by atoms with Crippen LogP contribution in [0.2, 0.25) is 0 Å². The first-order valence-electron chi connectivity index (χ1n) is 5.73. The van der Waals surface area contributed by atoms with Crippen molar-refractivity contribution in [2.75, 3.05) is 19.6 Å². The molecule has 0 spiro atoms. The largest absolute Gasteiger partial charge is 0.312 e. The highest BCUT2D eigenvalue weighted by molar-refractivity contribution is 5.24. The number of nitriles is 1. The van der Waals surface area contributed by atoms with Crippen molar-refractivity contribution in [3.63, 3.8) is 0 Å². The molecule has 2 unspecified atom stereocenters. The topological polar surface area (TPSA) is 39.1 Å². The van der Waals surface area contributed by atoms with Gasteiger partial charge in [-0.3, -0.25) is 4.90 Å². The summed E-state index contributed by atoms with van der Waals surface area (Å²) in [6.45, 7) is 5.00. The van der Waals surface area contributed by atoms with Gasteiger partial charge in [-0.25, -0.2) is 0 Å². The summed E-state index contributed by atoms with van der Waals surface area (Å²) < 4.78 is 0. The number of hydrogen-bond acceptors (Lipinski definition) is 3. The van der Waals surface area contributed by atoms with Gasteiger partial charge >= 0.3 is 0 Å². The molecule has 1 fully saturated rings. The fourth-order valence-corrected chi connectivity index (χ4v) is 2.20. The van der Waals surface area contributed by atoms with Crippen LogP contribution in [0, 0.1) is 11.3 Å². The summed E-state index contributed by atoms with van der Waals surface area (Å²) in [6.07, 6.45) is 0. The van der Waals surface area contributed by atoms with E-state index < -0.39 is 0 Å². The normalized spacial score (nSPS) is 23.6. The average molecular weight is 215 g/mol. The van der Waals surface area contributed by atoms with E-state index in [-0.39, 0.29) is 6.04 Å². The highest BCUT2D eigenvalue weighted by Crippen LogP contribution is 2.20. The molecule has 1 aliphatic heterocycles. The van der Waals surface area contributed by atoms with E-state index >= 15 is 0 Å². The Balaban J connectivity index is 2.14. The minimum atomic E-state index is -0.106. The van der Waals surface area contributed by atoms with Gasteiger partial charge in [0.15, 0.2) is 0 Å². The zero-order valence-electron chi connectivity index (χ0n) is 9.56. The number of nitrogens with one attached hydrogen (secondary N) is 1. The van der Waals surface area contributed by atoms with E-state index in [4.69, 9.17) is 0 Å². The first kappa shape index (κ1) is 11.1. The molecule has 2 rings (SSSR count). The molecule has 3 nitrogen and oxygen atoms in total. The molecule has 1 aliphatic rings. The minimum absolute atomic E-state index is 0.106. The zero-order chi connectivity index (χ0) is 11.4. The maximum atomic E-state index is 9.31. The lowest BCUT2D eigenvalue weighted by atomic mass is 10.0. The van der Waals surface area contributed by atoms with E-state index in [1.54, 1.807) is 0 Å². The molecule has 16 heavy (non-hydrogen) atoms. The fourth-order valence-electron chi connectivity index (χ4n) is 2.20. The summed E-state index contributed by atoms with van der Waals surface area (Å²) in [5.74, 6) is 0. The second-order valence-electron chi connectivity index (χ2n) is 4.29. The number of piperazine rings is 1. The average Bonchev–Trinajstić information content (AvgIpc) is 2.31. The van der Waals surface area contributed by atoms with Gasteiger partial charge in [-0.05, 0) is 12.5 Å². The third-order valence-corrected chi connectivity index (χ3v) is 3.00. The summed E-state index contributed by atoms with van der Waals surface area (Å²) >= 11 is 0. The van der Waals surface area contributed by atoms with Crippen LogP contribution in [-0.2, 0) is 0 Å². The fraction of sp³-hybridized carbons (Fsp3) is 0.462. The number of nitrogens with zero attached hydrogens (tertiary/aromatic N) is 2. The molecule has 0 aromatic heterocycles. The van der Waals surface area contributed by atoms with Crippen LogP contribution in [0.4, 0.5) is 0 Å². The summed E-state index contributed by atoms with van der Waals surface area (Å²) in [5, 5.41) is 12.7. The summed E-state index contributed by atoms with van der Waals surface area (Å²) in [7, 11) is 0. The predicted molar refractivity (Wildman–Crippen MR) is 63.8 cm³/mol. The van der Waals surface area contributed by atoms with Gasteiger partial charge in [0.1, 0.15) is 6.04 Å². The van der Waals surface area contributed by atoms with Gasteiger partial charge in [0.25, 0.3) is 0 Å². The highest BCUT2D eigenvalue weighted by atomic mass is 15.2. The SMILES string of the molecule is CC1CN(C(C#N)c2ccccc2)CCN1. The van der Waals surface area contributed by atoms with Crippen molar-refractivity contribution in [3.8, 4) is 6.07 Å². The van der Waals surface area contributed by atoms with Crippen LogP contribution in [0.3, 0.4) is 0 Å². The van der Waals surface area contributed by atoms with Gasteiger partial charge in [-0.15, -0.1) is 0 Å². The molecule has 2 atom stereocenters. The molecule has 1 N–H and O–H groups in total. The van der Waals surface area contributed by atoms with E-state index in [2.05, 4.69) is 23.2 Å². The smallest absolute Gasteiger partial charge is 0.123 e. The van der Waals surface area contributed by atoms with Crippen molar-refractivity contribution in [2.24, 2.45) is 0 Å². The second-order valence-corrected chi connectivity index (χ2v) is 4.29. The van der Waals surface area contributed by atoms with Crippen molar-refractivity contribution < 1.29 is 0 Å². The van der Waals surface area contributed by atoms with Crippen LogP contribution in [0.25, 0.3) is 0 Å². The molecule has 1 saturated heterocycles. The van der Waals surface area contributed by atoms with Gasteiger partial charge in [0.2, 0.25) is 0 Å². The Morgan fingerprint density at radius 2 is 2.19 bits per heavy atom. The standard InChI is InChI=1S/C13H17N3/c1-11-10-16(8-7-15-11)13(9-14)12-5-3-2-4-6-12/h2-6,11,13,15H,7-8,10H2,1H3. The summed E-state index contributed by atoms with van der Waals surface area (Å²) in [5.41, 5.74) is 1.10. The van der Waals surface area contributed by atoms with Gasteiger partial charge in [0.05, 0.1) is 6.07 Å². The maximum Gasteiger partial charge on any atom is 0.123 e. The quantitative estimate of drug-likeness (QED) is 0.813. The lowest BCUT2D eigenvalue weighted by Gasteiger charge is -2.34. The number of benzene rings is 1. The van der Waals surface area contributed by atoms with E-state index in [9.17, 15) is 5.26 Å². The molecule has 1 aromatic carbocycles. The number of hydrogen-bond donors (Lipinski definition) is 1. The highest BCUT2D eigenvalue weighted by Gasteiger charge is 2.24. The predicted octanol–water partition coefficient (Wildman–Crippen LogP) is 1.54. The van der Waals surface area contributed by atoms with Gasteiger partial charge in [-0.2, -0.15) is 5.26 Å². The molecule has 3 heteroatoms. The molecular formula is C13H17N3. The monoisotopic (exact) mass is 215 g/mol. The molecule has 0 saturated carbocycles. The molecule has 0 amide bonds. The molecule has 1 heterocycles. The van der Waals surface area contributed by atoms with Crippen molar-refractivity contribution in [1.82, 2.24) is 10.2 Å².